The Kier molecular flexibility index (Phi) is 6.98. The van der Waals surface area contributed by atoms with Gasteiger partial charge >= 0.3 is 0 Å². The third-order valence-corrected chi connectivity index (χ3v) is 7.80. The topological polar surface area (TPSA) is 87.3 Å². The highest BCUT2D eigenvalue weighted by molar-refractivity contribution is 5.97. The molecule has 0 saturated carbocycles. The minimum atomic E-state index is -0.246. The summed E-state index contributed by atoms with van der Waals surface area (Å²) < 4.78 is 7.79. The Morgan fingerprint density at radius 3 is 2.76 bits per heavy atom. The van der Waals surface area contributed by atoms with Crippen LogP contribution >= 0.6 is 0 Å². The van der Waals surface area contributed by atoms with Crippen molar-refractivity contribution in [1.82, 2.24) is 24.3 Å². The molecule has 8 nitrogen and oxygen atoms in total. The summed E-state index contributed by atoms with van der Waals surface area (Å²) in [5.74, 6) is 1.50. The predicted octanol–water partition coefficient (Wildman–Crippen LogP) is 4.43. The van der Waals surface area contributed by atoms with Crippen molar-refractivity contribution in [1.29, 1.82) is 5.26 Å². The fourth-order valence-corrected chi connectivity index (χ4v) is 5.74. The number of carbonyl (C=O) groups is 1. The number of rotatable bonds is 7. The van der Waals surface area contributed by atoms with Crippen LogP contribution in [-0.2, 0) is 13.0 Å². The van der Waals surface area contributed by atoms with Gasteiger partial charge in [-0.2, -0.15) is 5.26 Å². The summed E-state index contributed by atoms with van der Waals surface area (Å²) in [7, 11) is 2.18. The molecule has 2 aromatic heterocycles. The molecule has 0 aliphatic carbocycles. The summed E-state index contributed by atoms with van der Waals surface area (Å²) in [6.07, 6.45) is 8.43. The lowest BCUT2D eigenvalue weighted by Crippen LogP contribution is -2.40. The van der Waals surface area contributed by atoms with Gasteiger partial charge in [0.1, 0.15) is 23.2 Å². The molecule has 3 aromatic rings. The van der Waals surface area contributed by atoms with Gasteiger partial charge in [-0.05, 0) is 76.4 Å². The Morgan fingerprint density at radius 2 is 2.08 bits per heavy atom. The first-order chi connectivity index (χ1) is 17.9. The standard InChI is InChI=1S/C29H34N6O2/c1-5-37-28-15-26(32-17-22(28)16-30)19(2)35-11-8-23-24(27-7-6-10-33(27)4)13-21(14-25(23)29(35)36)18-34-12-9-31-20(34)3/h9,12-15,17,19,27H,5-8,10-11,18H2,1-4H3/t19-,27+/m0/s1. The Bertz CT molecular complexity index is 1360. The molecule has 0 unspecified atom stereocenters. The minimum Gasteiger partial charge on any atom is -0.492 e. The number of aromatic nitrogens is 3. The molecular formula is C29H34N6O2. The van der Waals surface area contributed by atoms with Crippen LogP contribution in [0.15, 0.2) is 36.8 Å². The smallest absolute Gasteiger partial charge is 0.254 e. The SMILES string of the molecule is CCOc1cc([C@H](C)N2CCc3c(cc(Cn4ccnc4C)cc3[C@H]3CCCN3C)C2=O)ncc1C#N. The Labute approximate surface area is 218 Å². The van der Waals surface area contributed by atoms with Crippen molar-refractivity contribution in [3.05, 3.63) is 76.1 Å². The number of pyridine rings is 1. The van der Waals surface area contributed by atoms with E-state index in [1.807, 2.05) is 38.1 Å². The maximum absolute atomic E-state index is 14.0. The molecule has 8 heteroatoms. The van der Waals surface area contributed by atoms with Crippen LogP contribution in [-0.4, -0.2) is 57.0 Å². The number of imidazole rings is 1. The van der Waals surface area contributed by atoms with Gasteiger partial charge in [0.05, 0.1) is 18.3 Å². The molecule has 0 radical (unpaired) electrons. The van der Waals surface area contributed by atoms with Crippen LogP contribution in [0.1, 0.15) is 82.9 Å². The van der Waals surface area contributed by atoms with E-state index >= 15 is 0 Å². The van der Waals surface area contributed by atoms with Crippen molar-refractivity contribution >= 4 is 5.91 Å². The van der Waals surface area contributed by atoms with E-state index in [1.165, 1.54) is 17.5 Å². The molecule has 1 fully saturated rings. The molecule has 5 rings (SSSR count). The number of amides is 1. The molecule has 37 heavy (non-hydrogen) atoms. The highest BCUT2D eigenvalue weighted by Crippen LogP contribution is 2.38. The van der Waals surface area contributed by atoms with Crippen molar-refractivity contribution in [2.24, 2.45) is 0 Å². The van der Waals surface area contributed by atoms with Crippen LogP contribution in [0.3, 0.4) is 0 Å². The van der Waals surface area contributed by atoms with Crippen molar-refractivity contribution in [2.75, 3.05) is 26.7 Å². The molecule has 1 saturated heterocycles. The normalized spacial score (nSPS) is 18.5. The molecule has 1 amide bonds. The number of nitriles is 1. The fraction of sp³-hybridized carbons (Fsp3) is 0.448. The third-order valence-electron chi connectivity index (χ3n) is 7.80. The van der Waals surface area contributed by atoms with E-state index in [1.54, 1.807) is 12.3 Å². The molecule has 2 aliphatic rings. The van der Waals surface area contributed by atoms with Crippen LogP contribution in [0, 0.1) is 18.3 Å². The minimum absolute atomic E-state index is 0.0315. The largest absolute Gasteiger partial charge is 0.492 e. The van der Waals surface area contributed by atoms with Gasteiger partial charge in [0.2, 0.25) is 0 Å². The number of fused-ring (bicyclic) bond motifs is 1. The summed E-state index contributed by atoms with van der Waals surface area (Å²) >= 11 is 0. The lowest BCUT2D eigenvalue weighted by molar-refractivity contribution is 0.0667. The van der Waals surface area contributed by atoms with E-state index in [0.717, 1.165) is 42.0 Å². The van der Waals surface area contributed by atoms with E-state index in [9.17, 15) is 10.1 Å². The van der Waals surface area contributed by atoms with Gasteiger partial charge in [-0.25, -0.2) is 4.98 Å². The lowest BCUT2D eigenvalue weighted by Gasteiger charge is -2.36. The predicted molar refractivity (Wildman–Crippen MR) is 140 cm³/mol. The summed E-state index contributed by atoms with van der Waals surface area (Å²) in [6.45, 7) is 8.73. The van der Waals surface area contributed by atoms with E-state index in [2.05, 4.69) is 44.7 Å². The zero-order valence-corrected chi connectivity index (χ0v) is 22.1. The number of benzene rings is 1. The summed E-state index contributed by atoms with van der Waals surface area (Å²) in [4.78, 5) is 27.2. The number of nitrogens with zero attached hydrogens (tertiary/aromatic N) is 6. The van der Waals surface area contributed by atoms with E-state index < -0.39 is 0 Å². The average molecular weight is 499 g/mol. The van der Waals surface area contributed by atoms with Crippen LogP contribution in [0.2, 0.25) is 0 Å². The van der Waals surface area contributed by atoms with Crippen molar-refractivity contribution in [2.45, 2.75) is 58.7 Å². The van der Waals surface area contributed by atoms with Crippen molar-refractivity contribution in [3.8, 4) is 11.8 Å². The molecule has 0 N–H and O–H groups in total. The van der Waals surface area contributed by atoms with E-state index in [-0.39, 0.29) is 11.9 Å². The molecule has 0 bridgehead atoms. The quantitative estimate of drug-likeness (QED) is 0.479. The van der Waals surface area contributed by atoms with Gasteiger partial charge < -0.3 is 14.2 Å². The summed E-state index contributed by atoms with van der Waals surface area (Å²) in [5.41, 5.74) is 5.51. The molecule has 1 aromatic carbocycles. The van der Waals surface area contributed by atoms with Gasteiger partial charge in [-0.1, -0.05) is 6.07 Å². The van der Waals surface area contributed by atoms with Gasteiger partial charge in [-0.3, -0.25) is 14.7 Å². The molecule has 2 aliphatic heterocycles. The molecule has 4 heterocycles. The maximum atomic E-state index is 14.0. The summed E-state index contributed by atoms with van der Waals surface area (Å²) in [6, 6.07) is 8.41. The highest BCUT2D eigenvalue weighted by atomic mass is 16.5. The van der Waals surface area contributed by atoms with Crippen LogP contribution < -0.4 is 4.74 Å². The van der Waals surface area contributed by atoms with Crippen molar-refractivity contribution in [3.63, 3.8) is 0 Å². The molecule has 0 spiro atoms. The number of hydrogen-bond donors (Lipinski definition) is 0. The monoisotopic (exact) mass is 498 g/mol. The van der Waals surface area contributed by atoms with Gasteiger partial charge in [0.15, 0.2) is 0 Å². The summed E-state index contributed by atoms with van der Waals surface area (Å²) in [5, 5.41) is 9.40. The van der Waals surface area contributed by atoms with Crippen LogP contribution in [0.5, 0.6) is 5.75 Å². The lowest BCUT2D eigenvalue weighted by atomic mass is 9.87. The number of aryl methyl sites for hydroxylation is 1. The molecule has 2 atom stereocenters. The first-order valence-electron chi connectivity index (χ1n) is 13.1. The zero-order chi connectivity index (χ0) is 26.1. The highest BCUT2D eigenvalue weighted by Gasteiger charge is 2.34. The number of ether oxygens (including phenoxy) is 1. The van der Waals surface area contributed by atoms with Crippen molar-refractivity contribution < 1.29 is 9.53 Å². The Balaban J connectivity index is 1.51. The fourth-order valence-electron chi connectivity index (χ4n) is 5.74. The van der Waals surface area contributed by atoms with Crippen LogP contribution in [0.25, 0.3) is 0 Å². The van der Waals surface area contributed by atoms with E-state index in [4.69, 9.17) is 4.74 Å². The number of carbonyl (C=O) groups excluding carboxylic acids is 1. The van der Waals surface area contributed by atoms with Gasteiger partial charge in [0.25, 0.3) is 5.91 Å². The molecule has 192 valence electrons. The Morgan fingerprint density at radius 1 is 1.24 bits per heavy atom. The zero-order valence-electron chi connectivity index (χ0n) is 22.1. The number of likely N-dealkylation sites (tertiary alicyclic amines) is 1. The first-order valence-corrected chi connectivity index (χ1v) is 13.1. The second-order valence-corrected chi connectivity index (χ2v) is 10.0. The van der Waals surface area contributed by atoms with Gasteiger partial charge in [0, 0.05) is 49.4 Å². The van der Waals surface area contributed by atoms with E-state index in [0.29, 0.717) is 37.1 Å². The molecular weight excluding hydrogens is 464 g/mol. The number of hydrogen-bond acceptors (Lipinski definition) is 6. The first kappa shape index (κ1) is 25.0. The second-order valence-electron chi connectivity index (χ2n) is 10.0. The Hall–Kier alpha value is -3.70. The second kappa shape index (κ2) is 10.3. The van der Waals surface area contributed by atoms with Gasteiger partial charge in [-0.15, -0.1) is 0 Å². The average Bonchev–Trinajstić information content (AvgIpc) is 3.51. The maximum Gasteiger partial charge on any atom is 0.254 e. The van der Waals surface area contributed by atoms with Crippen LogP contribution in [0.4, 0.5) is 0 Å². The third kappa shape index (κ3) is 4.72.